The summed E-state index contributed by atoms with van der Waals surface area (Å²) >= 11 is 0. The molecule has 0 aliphatic heterocycles. The molecule has 0 amide bonds. The zero-order valence-corrected chi connectivity index (χ0v) is 9.36. The van der Waals surface area contributed by atoms with E-state index in [0.29, 0.717) is 0 Å². The average molecular weight is 229 g/mol. The molecule has 0 bridgehead atoms. The fraction of sp³-hybridized carbons (Fsp3) is 0.167. The summed E-state index contributed by atoms with van der Waals surface area (Å²) in [6.45, 7) is 0.979. The van der Waals surface area contributed by atoms with Crippen LogP contribution in [0.4, 0.5) is 0 Å². The third-order valence-electron chi connectivity index (χ3n) is 1.67. The minimum Gasteiger partial charge on any atom is -0.748 e. The van der Waals surface area contributed by atoms with Gasteiger partial charge in [0.15, 0.2) is 0 Å². The van der Waals surface area contributed by atoms with Crippen LogP contribution in [0.1, 0.15) is 5.56 Å². The molecule has 0 radical (unpaired) electrons. The van der Waals surface area contributed by atoms with Crippen molar-refractivity contribution in [2.45, 2.75) is 6.54 Å². The molecule has 2 aromatic carbocycles. The second-order valence-corrected chi connectivity index (χ2v) is 2.79. The average Bonchev–Trinajstić information content (AvgIpc) is 2.79. The molecule has 0 saturated carbocycles. The van der Waals surface area contributed by atoms with Gasteiger partial charge in [0.05, 0.1) is 0 Å². The van der Waals surface area contributed by atoms with Crippen LogP contribution in [0.2, 0.25) is 0 Å². The molecule has 0 spiro atoms. The minimum atomic E-state index is 0. The summed E-state index contributed by atoms with van der Waals surface area (Å²) in [5, 5.41) is 3.07. The Hall–Kier alpha value is -0.821. The van der Waals surface area contributed by atoms with Gasteiger partial charge in [-0.05, 0) is 13.6 Å². The van der Waals surface area contributed by atoms with Crippen molar-refractivity contribution in [2.75, 3.05) is 7.05 Å². The molecule has 0 saturated heterocycles. The summed E-state index contributed by atoms with van der Waals surface area (Å²) < 4.78 is 0. The van der Waals surface area contributed by atoms with Crippen molar-refractivity contribution in [1.82, 2.24) is 5.32 Å². The van der Waals surface area contributed by atoms with Crippen LogP contribution in [-0.4, -0.2) is 7.05 Å². The molecular formula is C12H15FeN-6. The molecule has 0 aromatic heterocycles. The van der Waals surface area contributed by atoms with Crippen LogP contribution in [0, 0.1) is 0 Å². The van der Waals surface area contributed by atoms with Gasteiger partial charge < -0.3 is 35.6 Å². The van der Waals surface area contributed by atoms with Gasteiger partial charge in [-0.15, -0.1) is 5.56 Å². The fourth-order valence-electron chi connectivity index (χ4n) is 1.06. The van der Waals surface area contributed by atoms with Gasteiger partial charge in [-0.2, -0.15) is 12.1 Å². The molecule has 1 nitrogen and oxygen atoms in total. The number of hydrogen-bond acceptors (Lipinski definition) is 1. The van der Waals surface area contributed by atoms with Crippen molar-refractivity contribution in [1.29, 1.82) is 0 Å². The summed E-state index contributed by atoms with van der Waals surface area (Å²) in [4.78, 5) is 0. The number of nitrogens with one attached hydrogen (secondary N) is 1. The third-order valence-corrected chi connectivity index (χ3v) is 1.67. The van der Waals surface area contributed by atoms with Crippen molar-refractivity contribution < 1.29 is 17.1 Å². The summed E-state index contributed by atoms with van der Waals surface area (Å²) in [5.41, 5.74) is 1.35. The van der Waals surface area contributed by atoms with E-state index in [1.165, 1.54) is 5.56 Å². The second kappa shape index (κ2) is 8.76. The molecule has 1 N–H and O–H groups in total. The number of rotatable bonds is 2. The van der Waals surface area contributed by atoms with Gasteiger partial charge in [-0.25, -0.2) is 12.1 Å². The Balaban J connectivity index is 0.000000246. The third kappa shape index (κ3) is 5.76. The SMILES string of the molecule is CNC[c-]1cccc1.[Fe].[cH-]1[cH-][cH-][cH-][cH-]1. The first-order valence-corrected chi connectivity index (χ1v) is 4.45. The molecule has 0 heterocycles. The predicted molar refractivity (Wildman–Crippen MR) is 56.8 cm³/mol. The second-order valence-electron chi connectivity index (χ2n) is 2.79. The van der Waals surface area contributed by atoms with Crippen LogP contribution in [0.3, 0.4) is 0 Å². The van der Waals surface area contributed by atoms with E-state index in [4.69, 9.17) is 0 Å². The molecule has 14 heavy (non-hydrogen) atoms. The van der Waals surface area contributed by atoms with E-state index in [0.717, 1.165) is 6.54 Å². The van der Waals surface area contributed by atoms with Gasteiger partial charge in [0.1, 0.15) is 0 Å². The monoisotopic (exact) mass is 229 g/mol. The van der Waals surface area contributed by atoms with E-state index >= 15 is 0 Å². The Kier molecular flexibility index (Phi) is 8.25. The van der Waals surface area contributed by atoms with E-state index in [-0.39, 0.29) is 17.1 Å². The molecule has 0 aliphatic carbocycles. The van der Waals surface area contributed by atoms with Crippen molar-refractivity contribution in [2.24, 2.45) is 0 Å². The largest absolute Gasteiger partial charge is 0.748 e. The molecule has 0 unspecified atom stereocenters. The Morgan fingerprint density at radius 3 is 1.79 bits per heavy atom. The minimum absolute atomic E-state index is 0. The standard InChI is InChI=1S/C7H10N.C5H5.Fe/c1-8-6-7-4-2-3-5-7;1-2-4-5-3-1;/h2-5,8H,6H2,1H3;1-5H;/q-1;-5;. The Labute approximate surface area is 96.3 Å². The molecule has 2 rings (SSSR count). The first-order valence-electron chi connectivity index (χ1n) is 4.45. The number of hydrogen-bond donors (Lipinski definition) is 1. The van der Waals surface area contributed by atoms with Crippen LogP contribution in [0.5, 0.6) is 0 Å². The maximum Gasteiger partial charge on any atom is 0 e. The van der Waals surface area contributed by atoms with Gasteiger partial charge in [-0.1, -0.05) is 0 Å². The molecule has 82 valence electrons. The predicted octanol–water partition coefficient (Wildman–Crippen LogP) is 2.53. The van der Waals surface area contributed by atoms with Crippen LogP contribution in [0.25, 0.3) is 0 Å². The van der Waals surface area contributed by atoms with Gasteiger partial charge in [-0.3, -0.25) is 0 Å². The normalized spacial score (nSPS) is 8.36. The molecule has 0 fully saturated rings. The first kappa shape index (κ1) is 13.2. The quantitative estimate of drug-likeness (QED) is 0.616. The maximum atomic E-state index is 3.07. The van der Waals surface area contributed by atoms with Gasteiger partial charge in [0, 0.05) is 17.1 Å². The fourth-order valence-corrected chi connectivity index (χ4v) is 1.06. The molecule has 2 aromatic rings. The molecule has 2 heteroatoms. The molecule has 0 aliphatic rings. The smallest absolute Gasteiger partial charge is 0 e. The van der Waals surface area contributed by atoms with Crippen molar-refractivity contribution in [3.8, 4) is 0 Å². The van der Waals surface area contributed by atoms with Crippen LogP contribution in [0.15, 0.2) is 54.6 Å². The zero-order chi connectivity index (χ0) is 9.36. The van der Waals surface area contributed by atoms with E-state index in [1.807, 2.05) is 49.5 Å². The molecular weight excluding hydrogens is 214 g/mol. The van der Waals surface area contributed by atoms with Gasteiger partial charge in [0.2, 0.25) is 0 Å². The maximum absolute atomic E-state index is 3.07. The summed E-state index contributed by atoms with van der Waals surface area (Å²) in [6.07, 6.45) is 0. The topological polar surface area (TPSA) is 12.0 Å². The summed E-state index contributed by atoms with van der Waals surface area (Å²) in [5.74, 6) is 0. The Morgan fingerprint density at radius 1 is 1.00 bits per heavy atom. The van der Waals surface area contributed by atoms with E-state index in [1.54, 1.807) is 0 Å². The van der Waals surface area contributed by atoms with Crippen molar-refractivity contribution in [3.63, 3.8) is 0 Å². The van der Waals surface area contributed by atoms with Crippen LogP contribution in [-0.2, 0) is 23.6 Å². The van der Waals surface area contributed by atoms with E-state index in [2.05, 4.69) is 17.4 Å². The van der Waals surface area contributed by atoms with Gasteiger partial charge >= 0.3 is 0 Å². The van der Waals surface area contributed by atoms with E-state index in [9.17, 15) is 0 Å². The van der Waals surface area contributed by atoms with Crippen LogP contribution < -0.4 is 5.32 Å². The van der Waals surface area contributed by atoms with E-state index < -0.39 is 0 Å². The summed E-state index contributed by atoms with van der Waals surface area (Å²) in [7, 11) is 1.95. The van der Waals surface area contributed by atoms with Crippen molar-refractivity contribution >= 4 is 0 Å². The van der Waals surface area contributed by atoms with Crippen LogP contribution >= 0.6 is 0 Å². The molecule has 0 atom stereocenters. The van der Waals surface area contributed by atoms with Crippen molar-refractivity contribution in [3.05, 3.63) is 60.2 Å². The zero-order valence-electron chi connectivity index (χ0n) is 8.26. The van der Waals surface area contributed by atoms with Gasteiger partial charge in [0.25, 0.3) is 0 Å². The Bertz CT molecular complexity index is 254. The summed E-state index contributed by atoms with van der Waals surface area (Å²) in [6, 6.07) is 18.3. The first-order chi connectivity index (χ1) is 6.43. The Morgan fingerprint density at radius 2 is 1.43 bits per heavy atom.